The Labute approximate surface area is 295 Å². The monoisotopic (exact) mass is 707 g/mol. The van der Waals surface area contributed by atoms with Crippen LogP contribution in [-0.2, 0) is 14.6 Å². The average Bonchev–Trinajstić information content (AvgIpc) is 3.13. The SMILES string of the molecule is COc1cc(C(=O)N(C)c2ccccc2OCCC(C)CCC(=O)N2CCN(C)CC2)ccc1NC(=O)c1ccccc1S(=O)(=O)CCCN. The minimum atomic E-state index is -3.73. The molecule has 13 heteroatoms. The molecule has 0 aromatic heterocycles. The molecule has 1 heterocycles. The molecule has 0 aliphatic carbocycles. The van der Waals surface area contributed by atoms with Crippen molar-refractivity contribution in [3.63, 3.8) is 0 Å². The normalized spacial score (nSPS) is 14.1. The third-order valence-corrected chi connectivity index (χ3v) is 10.7. The van der Waals surface area contributed by atoms with Crippen molar-refractivity contribution in [2.75, 3.05) is 76.5 Å². The van der Waals surface area contributed by atoms with E-state index in [9.17, 15) is 22.8 Å². The lowest BCUT2D eigenvalue weighted by Crippen LogP contribution is -2.47. The van der Waals surface area contributed by atoms with Crippen LogP contribution in [0.2, 0.25) is 0 Å². The number of hydrogen-bond donors (Lipinski definition) is 2. The molecule has 1 atom stereocenters. The Morgan fingerprint density at radius 1 is 0.960 bits per heavy atom. The van der Waals surface area contributed by atoms with Gasteiger partial charge >= 0.3 is 0 Å². The summed E-state index contributed by atoms with van der Waals surface area (Å²) >= 11 is 0. The highest BCUT2D eigenvalue weighted by atomic mass is 32.2. The number of rotatable bonds is 16. The number of sulfone groups is 1. The molecule has 50 heavy (non-hydrogen) atoms. The Hall–Kier alpha value is -4.46. The van der Waals surface area contributed by atoms with Crippen LogP contribution < -0.4 is 25.4 Å². The first kappa shape index (κ1) is 38.3. The van der Waals surface area contributed by atoms with Gasteiger partial charge in [-0.3, -0.25) is 14.4 Å². The van der Waals surface area contributed by atoms with E-state index in [0.717, 1.165) is 39.0 Å². The van der Waals surface area contributed by atoms with Gasteiger partial charge in [-0.1, -0.05) is 31.2 Å². The summed E-state index contributed by atoms with van der Waals surface area (Å²) in [5.74, 6) is 0.147. The highest BCUT2D eigenvalue weighted by Crippen LogP contribution is 2.32. The molecule has 0 saturated carbocycles. The molecule has 12 nitrogen and oxygen atoms in total. The number of benzene rings is 3. The summed E-state index contributed by atoms with van der Waals surface area (Å²) in [6.07, 6.45) is 2.34. The van der Waals surface area contributed by atoms with Crippen LogP contribution in [0, 0.1) is 5.92 Å². The minimum absolute atomic E-state index is 0.00314. The number of ether oxygens (including phenoxy) is 2. The molecular weight excluding hydrogens is 659 g/mol. The van der Waals surface area contributed by atoms with Gasteiger partial charge in [-0.25, -0.2) is 8.42 Å². The van der Waals surface area contributed by atoms with Crippen molar-refractivity contribution in [2.45, 2.75) is 37.5 Å². The van der Waals surface area contributed by atoms with Crippen molar-refractivity contribution in [2.24, 2.45) is 11.7 Å². The van der Waals surface area contributed by atoms with Crippen LogP contribution in [0.5, 0.6) is 11.5 Å². The molecular formula is C37H49N5O7S. The fraction of sp³-hybridized carbons (Fsp3) is 0.432. The number of nitrogens with one attached hydrogen (secondary N) is 1. The number of anilines is 2. The topological polar surface area (TPSA) is 152 Å². The maximum Gasteiger partial charge on any atom is 0.258 e. The third-order valence-electron chi connectivity index (χ3n) is 8.89. The number of hydrogen-bond acceptors (Lipinski definition) is 9. The highest BCUT2D eigenvalue weighted by molar-refractivity contribution is 7.91. The Morgan fingerprint density at radius 3 is 2.38 bits per heavy atom. The van der Waals surface area contributed by atoms with Gasteiger partial charge in [0.1, 0.15) is 11.5 Å². The van der Waals surface area contributed by atoms with Crippen molar-refractivity contribution in [1.29, 1.82) is 0 Å². The lowest BCUT2D eigenvalue weighted by molar-refractivity contribution is -0.133. The average molecular weight is 708 g/mol. The Morgan fingerprint density at radius 2 is 1.66 bits per heavy atom. The van der Waals surface area contributed by atoms with E-state index in [1.54, 1.807) is 37.4 Å². The van der Waals surface area contributed by atoms with E-state index in [1.165, 1.54) is 30.2 Å². The van der Waals surface area contributed by atoms with Gasteiger partial charge in [0.25, 0.3) is 11.8 Å². The molecule has 0 bridgehead atoms. The lowest BCUT2D eigenvalue weighted by atomic mass is 10.0. The van der Waals surface area contributed by atoms with E-state index in [4.69, 9.17) is 15.2 Å². The summed E-state index contributed by atoms with van der Waals surface area (Å²) in [5.41, 5.74) is 6.66. The van der Waals surface area contributed by atoms with Crippen LogP contribution in [0.25, 0.3) is 0 Å². The Bertz CT molecular complexity index is 1740. The number of carbonyl (C=O) groups excluding carboxylic acids is 3. The van der Waals surface area contributed by atoms with Gasteiger partial charge < -0.3 is 35.2 Å². The first-order valence-corrected chi connectivity index (χ1v) is 18.6. The predicted octanol–water partition coefficient (Wildman–Crippen LogP) is 4.31. The first-order chi connectivity index (χ1) is 23.9. The van der Waals surface area contributed by atoms with E-state index in [1.807, 2.05) is 23.1 Å². The van der Waals surface area contributed by atoms with Gasteiger partial charge in [-0.15, -0.1) is 0 Å². The summed E-state index contributed by atoms with van der Waals surface area (Å²) < 4.78 is 37.4. The third kappa shape index (κ3) is 10.1. The van der Waals surface area contributed by atoms with Crippen molar-refractivity contribution in [1.82, 2.24) is 9.80 Å². The molecule has 1 aliphatic rings. The maximum atomic E-state index is 13.7. The van der Waals surface area contributed by atoms with Gasteiger partial charge in [0.2, 0.25) is 5.91 Å². The van der Waals surface area contributed by atoms with Crippen LogP contribution in [0.15, 0.2) is 71.6 Å². The molecule has 0 spiro atoms. The molecule has 3 amide bonds. The number of nitrogens with zero attached hydrogens (tertiary/aromatic N) is 3. The van der Waals surface area contributed by atoms with E-state index >= 15 is 0 Å². The maximum absolute atomic E-state index is 13.7. The summed E-state index contributed by atoms with van der Waals surface area (Å²) in [6, 6.07) is 17.9. The van der Waals surface area contributed by atoms with E-state index in [-0.39, 0.29) is 52.4 Å². The molecule has 270 valence electrons. The zero-order valence-electron chi connectivity index (χ0n) is 29.4. The second-order valence-corrected chi connectivity index (χ2v) is 14.7. The van der Waals surface area contributed by atoms with Gasteiger partial charge in [-0.05, 0) is 81.2 Å². The predicted molar refractivity (Wildman–Crippen MR) is 195 cm³/mol. The number of piperazine rings is 1. The summed E-state index contributed by atoms with van der Waals surface area (Å²) in [7, 11) is 1.41. The summed E-state index contributed by atoms with van der Waals surface area (Å²) in [4.78, 5) is 45.2. The molecule has 1 unspecified atom stereocenters. The van der Waals surface area contributed by atoms with Crippen LogP contribution in [0.1, 0.15) is 53.3 Å². The molecule has 0 radical (unpaired) electrons. The highest BCUT2D eigenvalue weighted by Gasteiger charge is 2.24. The smallest absolute Gasteiger partial charge is 0.258 e. The first-order valence-electron chi connectivity index (χ1n) is 16.9. The van der Waals surface area contributed by atoms with Crippen molar-refractivity contribution in [3.8, 4) is 11.5 Å². The second-order valence-electron chi connectivity index (χ2n) is 12.6. The van der Waals surface area contributed by atoms with E-state index in [0.29, 0.717) is 35.9 Å². The van der Waals surface area contributed by atoms with Gasteiger partial charge in [0.15, 0.2) is 9.84 Å². The fourth-order valence-electron chi connectivity index (χ4n) is 5.68. The number of carbonyl (C=O) groups is 3. The van der Waals surface area contributed by atoms with E-state index < -0.39 is 15.7 Å². The number of likely N-dealkylation sites (N-methyl/N-ethyl adjacent to an activating group) is 1. The Balaban J connectivity index is 1.38. The zero-order valence-corrected chi connectivity index (χ0v) is 30.2. The summed E-state index contributed by atoms with van der Waals surface area (Å²) in [5, 5.41) is 2.73. The van der Waals surface area contributed by atoms with E-state index in [2.05, 4.69) is 24.2 Å². The Kier molecular flexibility index (Phi) is 13.8. The van der Waals surface area contributed by atoms with Gasteiger partial charge in [0, 0.05) is 45.2 Å². The largest absolute Gasteiger partial charge is 0.495 e. The fourth-order valence-corrected chi connectivity index (χ4v) is 7.23. The molecule has 3 N–H and O–H groups in total. The van der Waals surface area contributed by atoms with Crippen LogP contribution in [-0.4, -0.2) is 102 Å². The molecule has 4 rings (SSSR count). The van der Waals surface area contributed by atoms with Crippen LogP contribution >= 0.6 is 0 Å². The zero-order chi connectivity index (χ0) is 36.3. The summed E-state index contributed by atoms with van der Waals surface area (Å²) in [6.45, 7) is 6.14. The number of para-hydroxylation sites is 2. The number of amides is 3. The molecule has 3 aromatic carbocycles. The molecule has 1 aliphatic heterocycles. The number of nitrogens with two attached hydrogens (primary N) is 1. The molecule has 1 fully saturated rings. The molecule has 1 saturated heterocycles. The number of methoxy groups -OCH3 is 1. The van der Waals surface area contributed by atoms with Crippen molar-refractivity contribution < 1.29 is 32.3 Å². The molecule has 3 aromatic rings. The van der Waals surface area contributed by atoms with Crippen LogP contribution in [0.4, 0.5) is 11.4 Å². The van der Waals surface area contributed by atoms with Crippen LogP contribution in [0.3, 0.4) is 0 Å². The lowest BCUT2D eigenvalue weighted by Gasteiger charge is -2.32. The quantitative estimate of drug-likeness (QED) is 0.222. The standard InChI is InChI=1S/C37H49N5O7S/c1-27(14-17-35(43)42-22-20-40(2)21-23-42)18-24-49-32-12-7-6-11-31(32)41(3)37(45)28-15-16-30(33(26-28)48-4)39-36(44)29-10-5-8-13-34(29)50(46,47)25-9-19-38/h5-8,10-13,15-16,26-27H,9,14,17-25,38H2,1-4H3,(H,39,44). The van der Waals surface area contributed by atoms with Crippen molar-refractivity contribution in [3.05, 3.63) is 77.9 Å². The van der Waals surface area contributed by atoms with Crippen molar-refractivity contribution >= 4 is 38.9 Å². The van der Waals surface area contributed by atoms with Gasteiger partial charge in [0.05, 0.1) is 41.3 Å². The van der Waals surface area contributed by atoms with Gasteiger partial charge in [-0.2, -0.15) is 0 Å². The second kappa shape index (κ2) is 18.0. The minimum Gasteiger partial charge on any atom is -0.495 e.